The van der Waals surface area contributed by atoms with Gasteiger partial charge in [0.05, 0.1) is 0 Å². The Labute approximate surface area is 144 Å². The summed E-state index contributed by atoms with van der Waals surface area (Å²) in [6, 6.07) is 10.2. The first-order valence-corrected chi connectivity index (χ1v) is 7.76. The molecule has 0 unspecified atom stereocenters. The van der Waals surface area contributed by atoms with Crippen molar-refractivity contribution in [3.8, 4) is 0 Å². The van der Waals surface area contributed by atoms with E-state index < -0.39 is 0 Å². The number of halogens is 3. The smallest absolute Gasteiger partial charge is 0.173 e. The number of anilines is 1. The Morgan fingerprint density at radius 2 is 1.95 bits per heavy atom. The Kier molecular flexibility index (Phi) is 5.62. The third-order valence-corrected chi connectivity index (χ3v) is 4.40. The normalized spacial score (nSPS) is 10.4. The number of benzene rings is 2. The van der Waals surface area contributed by atoms with E-state index >= 15 is 0 Å². The van der Waals surface area contributed by atoms with E-state index in [1.807, 2.05) is 19.1 Å². The number of rotatable bonds is 3. The number of thiocarbonyl (C=S) groups is 1. The van der Waals surface area contributed by atoms with Crippen molar-refractivity contribution in [3.63, 3.8) is 0 Å². The highest BCUT2D eigenvalue weighted by molar-refractivity contribution is 7.80. The van der Waals surface area contributed by atoms with Gasteiger partial charge in [-0.3, -0.25) is 0 Å². The summed E-state index contributed by atoms with van der Waals surface area (Å²) in [6.45, 7) is 2.20. The Morgan fingerprint density at radius 3 is 2.59 bits per heavy atom. The summed E-state index contributed by atoms with van der Waals surface area (Å²) in [6.07, 6.45) is 0. The highest BCUT2D eigenvalue weighted by atomic mass is 35.5. The van der Waals surface area contributed by atoms with Gasteiger partial charge in [-0.05, 0) is 49.0 Å². The maximum atomic E-state index is 13.8. The van der Waals surface area contributed by atoms with Gasteiger partial charge < -0.3 is 10.2 Å². The van der Waals surface area contributed by atoms with E-state index in [0.717, 1.165) is 11.3 Å². The maximum absolute atomic E-state index is 13.8. The lowest BCUT2D eigenvalue weighted by Crippen LogP contribution is -2.31. The first kappa shape index (κ1) is 17.0. The van der Waals surface area contributed by atoms with Crippen LogP contribution in [0.25, 0.3) is 0 Å². The van der Waals surface area contributed by atoms with E-state index in [4.69, 9.17) is 35.4 Å². The van der Waals surface area contributed by atoms with Crippen molar-refractivity contribution in [1.82, 2.24) is 4.90 Å². The summed E-state index contributed by atoms with van der Waals surface area (Å²) in [5.74, 6) is -0.347. The third kappa shape index (κ3) is 4.09. The molecular formula is C16H15Cl2FN2S. The molecule has 0 radical (unpaired) electrons. The predicted octanol–water partition coefficient (Wildman–Crippen LogP) is 5.27. The Balaban J connectivity index is 2.07. The molecule has 0 aliphatic rings. The number of nitrogens with zero attached hydrogens (tertiary/aromatic N) is 1. The number of nitrogens with one attached hydrogen (secondary N) is 1. The molecule has 0 aliphatic heterocycles. The molecule has 2 rings (SSSR count). The molecule has 0 bridgehead atoms. The highest BCUT2D eigenvalue weighted by Crippen LogP contribution is 2.22. The third-order valence-electron chi connectivity index (χ3n) is 3.23. The zero-order chi connectivity index (χ0) is 16.3. The van der Waals surface area contributed by atoms with Gasteiger partial charge in [0.1, 0.15) is 5.82 Å². The Morgan fingerprint density at radius 1 is 1.23 bits per heavy atom. The van der Waals surface area contributed by atoms with Gasteiger partial charge in [0.15, 0.2) is 5.11 Å². The summed E-state index contributed by atoms with van der Waals surface area (Å²) in [7, 11) is 1.77. The van der Waals surface area contributed by atoms with Crippen molar-refractivity contribution in [2.75, 3.05) is 12.4 Å². The van der Waals surface area contributed by atoms with Crippen LogP contribution in [-0.4, -0.2) is 17.1 Å². The van der Waals surface area contributed by atoms with Gasteiger partial charge in [-0.2, -0.15) is 0 Å². The molecule has 0 atom stereocenters. The van der Waals surface area contributed by atoms with Crippen LogP contribution in [0.15, 0.2) is 36.4 Å². The topological polar surface area (TPSA) is 15.3 Å². The van der Waals surface area contributed by atoms with E-state index in [-0.39, 0.29) is 12.4 Å². The van der Waals surface area contributed by atoms with Gasteiger partial charge in [-0.25, -0.2) is 4.39 Å². The van der Waals surface area contributed by atoms with Gasteiger partial charge in [0, 0.05) is 34.9 Å². The summed E-state index contributed by atoms with van der Waals surface area (Å²) >= 11 is 17.4. The second kappa shape index (κ2) is 7.27. The average Bonchev–Trinajstić information content (AvgIpc) is 2.46. The number of hydrogen-bond donors (Lipinski definition) is 1. The maximum Gasteiger partial charge on any atom is 0.173 e. The SMILES string of the molecule is Cc1ccc(NC(=S)N(C)Cc2c(F)cccc2Cl)cc1Cl. The quantitative estimate of drug-likeness (QED) is 0.754. The molecule has 22 heavy (non-hydrogen) atoms. The largest absolute Gasteiger partial charge is 0.348 e. The van der Waals surface area contributed by atoms with Crippen molar-refractivity contribution in [2.24, 2.45) is 0 Å². The molecule has 0 heterocycles. The Hall–Kier alpha value is -1.36. The molecule has 116 valence electrons. The van der Waals surface area contributed by atoms with Gasteiger partial charge in [0.25, 0.3) is 0 Å². The second-order valence-corrected chi connectivity index (χ2v) is 6.15. The van der Waals surface area contributed by atoms with Crippen LogP contribution in [0.5, 0.6) is 0 Å². The fraction of sp³-hybridized carbons (Fsp3) is 0.188. The van der Waals surface area contributed by atoms with E-state index in [0.29, 0.717) is 20.7 Å². The lowest BCUT2D eigenvalue weighted by atomic mass is 10.2. The lowest BCUT2D eigenvalue weighted by molar-refractivity contribution is 0.486. The van der Waals surface area contributed by atoms with Crippen LogP contribution in [0, 0.1) is 12.7 Å². The predicted molar refractivity (Wildman–Crippen MR) is 95.3 cm³/mol. The van der Waals surface area contributed by atoms with Crippen LogP contribution >= 0.6 is 35.4 Å². The minimum Gasteiger partial charge on any atom is -0.348 e. The van der Waals surface area contributed by atoms with Crippen LogP contribution in [0.3, 0.4) is 0 Å². The number of hydrogen-bond acceptors (Lipinski definition) is 1. The molecule has 0 aromatic heterocycles. The van der Waals surface area contributed by atoms with Crippen LogP contribution in [-0.2, 0) is 6.54 Å². The minimum atomic E-state index is -0.347. The Bertz CT molecular complexity index is 686. The molecule has 0 amide bonds. The molecule has 6 heteroatoms. The molecule has 2 aromatic carbocycles. The highest BCUT2D eigenvalue weighted by Gasteiger charge is 2.12. The van der Waals surface area contributed by atoms with Crippen molar-refractivity contribution in [3.05, 3.63) is 63.4 Å². The van der Waals surface area contributed by atoms with Crippen LogP contribution in [0.1, 0.15) is 11.1 Å². The van der Waals surface area contributed by atoms with E-state index in [2.05, 4.69) is 5.32 Å². The zero-order valence-electron chi connectivity index (χ0n) is 12.2. The van der Waals surface area contributed by atoms with E-state index in [9.17, 15) is 4.39 Å². The second-order valence-electron chi connectivity index (χ2n) is 4.95. The van der Waals surface area contributed by atoms with Gasteiger partial charge in [-0.15, -0.1) is 0 Å². The molecule has 0 aliphatic carbocycles. The van der Waals surface area contributed by atoms with Crippen molar-refractivity contribution >= 4 is 46.2 Å². The minimum absolute atomic E-state index is 0.275. The van der Waals surface area contributed by atoms with Crippen molar-refractivity contribution in [1.29, 1.82) is 0 Å². The van der Waals surface area contributed by atoms with Crippen molar-refractivity contribution in [2.45, 2.75) is 13.5 Å². The first-order chi connectivity index (χ1) is 10.4. The average molecular weight is 357 g/mol. The van der Waals surface area contributed by atoms with E-state index in [1.54, 1.807) is 30.1 Å². The standard InChI is InChI=1S/C16H15Cl2FN2S/c1-10-6-7-11(8-14(10)18)20-16(22)21(2)9-12-13(17)4-3-5-15(12)19/h3-8H,9H2,1-2H3,(H,20,22). The molecule has 2 nitrogen and oxygen atoms in total. The summed E-state index contributed by atoms with van der Waals surface area (Å²) in [5, 5.41) is 4.58. The van der Waals surface area contributed by atoms with Crippen LogP contribution in [0.2, 0.25) is 10.0 Å². The molecule has 0 spiro atoms. The molecule has 0 saturated carbocycles. The molecule has 1 N–H and O–H groups in total. The summed E-state index contributed by atoms with van der Waals surface area (Å²) < 4.78 is 13.8. The van der Waals surface area contributed by atoms with Gasteiger partial charge >= 0.3 is 0 Å². The van der Waals surface area contributed by atoms with Crippen molar-refractivity contribution < 1.29 is 4.39 Å². The zero-order valence-corrected chi connectivity index (χ0v) is 14.5. The molecular weight excluding hydrogens is 342 g/mol. The van der Waals surface area contributed by atoms with Crippen LogP contribution in [0.4, 0.5) is 10.1 Å². The lowest BCUT2D eigenvalue weighted by Gasteiger charge is -2.22. The molecule has 0 saturated heterocycles. The first-order valence-electron chi connectivity index (χ1n) is 6.59. The summed E-state index contributed by atoms with van der Waals surface area (Å²) in [5.41, 5.74) is 2.19. The molecule has 0 fully saturated rings. The fourth-order valence-electron chi connectivity index (χ4n) is 1.88. The summed E-state index contributed by atoms with van der Waals surface area (Å²) in [4.78, 5) is 1.72. The number of aryl methyl sites for hydroxylation is 1. The monoisotopic (exact) mass is 356 g/mol. The van der Waals surface area contributed by atoms with Gasteiger partial charge in [-0.1, -0.05) is 35.3 Å². The molecule has 2 aromatic rings. The van der Waals surface area contributed by atoms with E-state index in [1.165, 1.54) is 6.07 Å². The van der Waals surface area contributed by atoms with Gasteiger partial charge in [0.2, 0.25) is 0 Å². The fourth-order valence-corrected chi connectivity index (χ4v) is 2.47. The van der Waals surface area contributed by atoms with Crippen LogP contribution < -0.4 is 5.32 Å².